The molecule has 433 valence electrons. The molecule has 0 aliphatic heterocycles. The summed E-state index contributed by atoms with van der Waals surface area (Å²) < 4.78 is 72.2. The topological polar surface area (TPSA) is 77.3 Å². The van der Waals surface area contributed by atoms with Gasteiger partial charge in [0.05, 0.1) is 2.74 Å². The Balaban J connectivity index is 0.000000385. The Morgan fingerprint density at radius 3 is 0.882 bits per heavy atom. The summed E-state index contributed by atoms with van der Waals surface area (Å²) in [6.45, 7) is 0. The van der Waals surface area contributed by atoms with Gasteiger partial charge in [0.1, 0.15) is 0 Å². The van der Waals surface area contributed by atoms with Gasteiger partial charge in [0.2, 0.25) is 0 Å². The summed E-state index contributed by atoms with van der Waals surface area (Å²) in [4.78, 5) is 25.4. The molecule has 0 amide bonds. The largest absolute Gasteiger partial charge is 0.305 e. The molecule has 0 unspecified atom stereocenters. The number of rotatable bonds is 6. The van der Waals surface area contributed by atoms with E-state index in [1.54, 1.807) is 134 Å². The van der Waals surface area contributed by atoms with E-state index in [2.05, 4.69) is 78.4 Å². The average molecular weight is 2000 g/mol. The second kappa shape index (κ2) is 39.9. The SMILES string of the molecule is [2H][2H].[2H][2H].[2H]c1cc[c-]c(-c2ccccn2)c1.[2H]c1cc[c-]c(-c2ccccn2)c1.[2H]c1cc[c-]c(-c2nccc3ccccc23)c1.[2H]c1cc[c-]c(-c2nccc3ccccc23)c1.[2H]c1ccc(-c2[c-]ccc([2H])c2)nc1.[2H]c1ccc(-c2[c-]cccc2)nc1.[Ir].[Ir].[Ir].[Ir].[Ir]. The van der Waals surface area contributed by atoms with Gasteiger partial charge in [0.25, 0.3) is 0 Å². The number of aromatic nitrogens is 6. The molecular formula is C74H56Ir5N6-6. The number of hydrogen-bond acceptors (Lipinski definition) is 6. The first kappa shape index (κ1) is 56.6. The zero-order valence-electron chi connectivity index (χ0n) is 55.8. The fourth-order valence-electron chi connectivity index (χ4n) is 7.70. The smallest absolute Gasteiger partial charge is 0.0638 e. The fraction of sp³-hybridized carbons (Fsp3) is 0. The van der Waals surface area contributed by atoms with Crippen LogP contribution in [0.1, 0.15) is 15.5 Å². The molecule has 5 radical (unpaired) electrons. The van der Waals surface area contributed by atoms with E-state index in [1.165, 1.54) is 12.4 Å². The maximum atomic E-state index is 7.65. The molecule has 85 heavy (non-hydrogen) atoms. The van der Waals surface area contributed by atoms with Crippen LogP contribution >= 0.6 is 0 Å². The quantitative estimate of drug-likeness (QED) is 0.154. The summed E-state index contributed by atoms with van der Waals surface area (Å²) in [6.07, 6.45) is 10.1. The predicted octanol–water partition coefficient (Wildman–Crippen LogP) is 18.1. The molecule has 0 aliphatic rings. The van der Waals surface area contributed by atoms with E-state index in [-0.39, 0.29) is 101 Å². The Kier molecular flexibility index (Phi) is 26.5. The van der Waals surface area contributed by atoms with Gasteiger partial charge in [-0.3, -0.25) is 0 Å². The minimum absolute atomic E-state index is 0. The molecule has 0 spiro atoms. The molecule has 0 bridgehead atoms. The Morgan fingerprint density at radius 1 is 0.247 bits per heavy atom. The van der Waals surface area contributed by atoms with Crippen LogP contribution in [0.15, 0.2) is 316 Å². The molecule has 8 aromatic carbocycles. The second-order valence-corrected chi connectivity index (χ2v) is 16.8. The third kappa shape index (κ3) is 22.1. The summed E-state index contributed by atoms with van der Waals surface area (Å²) >= 11 is 0. The van der Waals surface area contributed by atoms with Crippen LogP contribution in [0.2, 0.25) is 0 Å². The molecular weight excluding hydrogens is 1930 g/mol. The fourth-order valence-corrected chi connectivity index (χ4v) is 7.70. The van der Waals surface area contributed by atoms with Gasteiger partial charge in [-0.05, 0) is 92.1 Å². The Labute approximate surface area is 582 Å². The van der Waals surface area contributed by atoms with Crippen molar-refractivity contribution in [2.75, 3.05) is 0 Å². The molecule has 6 heterocycles. The summed E-state index contributed by atoms with van der Waals surface area (Å²) in [5.41, 5.74) is 10.3. The van der Waals surface area contributed by atoms with Gasteiger partial charge in [-0.15, -0.1) is 215 Å². The van der Waals surface area contributed by atoms with Crippen LogP contribution in [0.3, 0.4) is 0 Å². The van der Waals surface area contributed by atoms with Crippen LogP contribution < -0.4 is 0 Å². The van der Waals surface area contributed by atoms with Gasteiger partial charge in [-0.1, -0.05) is 97.1 Å². The molecule has 0 N–H and O–H groups in total. The van der Waals surface area contributed by atoms with E-state index in [4.69, 9.17) is 15.5 Å². The number of fused-ring (bicyclic) bond motifs is 2. The van der Waals surface area contributed by atoms with E-state index in [1.807, 2.05) is 115 Å². The normalized spacial score (nSPS) is 10.8. The minimum Gasteiger partial charge on any atom is -0.305 e. The first-order valence-corrected chi connectivity index (χ1v) is 25.3. The Hall–Kier alpha value is -7.57. The van der Waals surface area contributed by atoms with E-state index in [9.17, 15) is 0 Å². The van der Waals surface area contributed by atoms with Crippen molar-refractivity contribution in [3.05, 3.63) is 352 Å². The third-order valence-electron chi connectivity index (χ3n) is 11.5. The van der Waals surface area contributed by atoms with Gasteiger partial charge in [0, 0.05) is 151 Å². The first-order valence-electron chi connectivity index (χ1n) is 30.8. The van der Waals surface area contributed by atoms with Gasteiger partial charge in [-0.2, -0.15) is 0 Å². The zero-order chi connectivity index (χ0) is 64.6. The van der Waals surface area contributed by atoms with Crippen molar-refractivity contribution in [1.82, 2.24) is 29.9 Å². The molecule has 6 nitrogen and oxygen atoms in total. The molecule has 6 aromatic heterocycles. The molecule has 14 aromatic rings. The molecule has 14 rings (SSSR count). The Morgan fingerprint density at radius 2 is 0.553 bits per heavy atom. The molecule has 11 heteroatoms. The van der Waals surface area contributed by atoms with Crippen LogP contribution in [-0.4, -0.2) is 29.9 Å². The van der Waals surface area contributed by atoms with Crippen molar-refractivity contribution < 1.29 is 116 Å². The minimum atomic E-state index is 0. The van der Waals surface area contributed by atoms with Crippen LogP contribution in [0.4, 0.5) is 0 Å². The van der Waals surface area contributed by atoms with E-state index >= 15 is 0 Å². The summed E-state index contributed by atoms with van der Waals surface area (Å²) in [5, 5.41) is 4.50. The van der Waals surface area contributed by atoms with E-state index in [0.717, 1.165) is 89.1 Å². The number of benzene rings is 8. The summed E-state index contributed by atoms with van der Waals surface area (Å²) in [5.74, 6) is 0. The first-order chi connectivity index (χ1) is 44.5. The van der Waals surface area contributed by atoms with Crippen molar-refractivity contribution in [3.63, 3.8) is 0 Å². The van der Waals surface area contributed by atoms with E-state index in [0.29, 0.717) is 42.3 Å². The average Bonchev–Trinajstić information content (AvgIpc) is 0.846. The van der Waals surface area contributed by atoms with Crippen molar-refractivity contribution in [2.24, 2.45) is 0 Å². The molecule has 0 saturated heterocycles. The maximum absolute atomic E-state index is 7.65. The van der Waals surface area contributed by atoms with Crippen molar-refractivity contribution >= 4 is 21.5 Å². The molecule has 0 atom stereocenters. The van der Waals surface area contributed by atoms with Gasteiger partial charge >= 0.3 is 0 Å². The van der Waals surface area contributed by atoms with Crippen LogP contribution in [0.5, 0.6) is 0 Å². The summed E-state index contributed by atoms with van der Waals surface area (Å²) in [7, 11) is 0. The molecule has 0 fully saturated rings. The van der Waals surface area contributed by atoms with Crippen molar-refractivity contribution in [3.8, 4) is 67.5 Å². The third-order valence-corrected chi connectivity index (χ3v) is 11.5. The molecule has 0 aliphatic carbocycles. The Bertz CT molecular complexity index is 4260. The van der Waals surface area contributed by atoms with Crippen LogP contribution in [0, 0.1) is 36.4 Å². The predicted molar refractivity (Wildman–Crippen MR) is 330 cm³/mol. The van der Waals surface area contributed by atoms with Crippen molar-refractivity contribution in [1.29, 1.82) is 0 Å². The number of nitrogens with zero attached hydrogens (tertiary/aromatic N) is 6. The van der Waals surface area contributed by atoms with Gasteiger partial charge in [0.15, 0.2) is 0 Å². The number of hydrogen-bond donors (Lipinski definition) is 0. The zero-order valence-corrected chi connectivity index (χ0v) is 56.8. The van der Waals surface area contributed by atoms with Gasteiger partial charge in [-0.25, -0.2) is 0 Å². The van der Waals surface area contributed by atoms with Gasteiger partial charge < -0.3 is 29.9 Å². The van der Waals surface area contributed by atoms with Crippen LogP contribution in [0.25, 0.3) is 89.1 Å². The molecule has 0 saturated carbocycles. The number of pyridine rings is 6. The monoisotopic (exact) mass is 2000 g/mol. The van der Waals surface area contributed by atoms with E-state index < -0.39 is 0 Å². The van der Waals surface area contributed by atoms with Crippen LogP contribution in [-0.2, 0) is 101 Å². The summed E-state index contributed by atoms with van der Waals surface area (Å²) in [6, 6.07) is 93.9. The standard InChI is InChI=1S/2C15H10N.4C11H8N.5Ir.2H2/c2*1-2-7-13(8-3-1)15-14-9-5-4-6-12(14)10-11-16-15;4*1-2-6-10(7-3-1)11-8-4-5-9-12-11;;;;;;;/h2*1-7,9-11H;4*1-6,8-9H;;;;;;2*1H/q6*-1;;;;;;;/i2*2D;2D,5D;5D;2*2D;;;;;;2*1+1D. The maximum Gasteiger partial charge on any atom is 0.0638 e. The second-order valence-electron chi connectivity index (χ2n) is 16.8. The van der Waals surface area contributed by atoms with Crippen molar-refractivity contribution in [2.45, 2.75) is 0 Å².